The Balaban J connectivity index is 1.42. The summed E-state index contributed by atoms with van der Waals surface area (Å²) in [5.41, 5.74) is 2.05. The Morgan fingerprint density at radius 1 is 1.00 bits per heavy atom. The summed E-state index contributed by atoms with van der Waals surface area (Å²) in [6.07, 6.45) is 14.4. The van der Waals surface area contributed by atoms with Gasteiger partial charge in [-0.3, -0.25) is 4.79 Å². The van der Waals surface area contributed by atoms with Gasteiger partial charge in [0.2, 0.25) is 10.0 Å². The van der Waals surface area contributed by atoms with Gasteiger partial charge in [0.15, 0.2) is 6.61 Å². The lowest BCUT2D eigenvalue weighted by molar-refractivity contribution is -0.143. The number of nitrogens with zero attached hydrogens (tertiary/aromatic N) is 1. The van der Waals surface area contributed by atoms with Gasteiger partial charge in [-0.2, -0.15) is 4.31 Å². The van der Waals surface area contributed by atoms with Crippen LogP contribution in [0.5, 0.6) is 0 Å². The number of sulfonamides is 1. The van der Waals surface area contributed by atoms with Crippen LogP contribution in [-0.2, 0) is 24.3 Å². The molecule has 0 spiro atoms. The van der Waals surface area contributed by atoms with E-state index in [1.54, 1.807) is 28.6 Å². The van der Waals surface area contributed by atoms with Gasteiger partial charge < -0.3 is 10.1 Å². The molecular formula is C25H34N2O5S. The molecule has 3 rings (SSSR count). The maximum absolute atomic E-state index is 12.8. The van der Waals surface area contributed by atoms with Crippen molar-refractivity contribution in [2.45, 2.75) is 62.7 Å². The molecule has 0 atom stereocenters. The number of hydrogen-bond acceptors (Lipinski definition) is 5. The van der Waals surface area contributed by atoms with Crippen LogP contribution in [0.2, 0.25) is 0 Å². The normalized spacial score (nSPS) is 17.9. The Hall–Kier alpha value is -2.45. The molecule has 1 N–H and O–H groups in total. The molecule has 8 heteroatoms. The highest BCUT2D eigenvalue weighted by atomic mass is 32.2. The van der Waals surface area contributed by atoms with Gasteiger partial charge in [-0.1, -0.05) is 36.6 Å². The minimum atomic E-state index is -3.50. The maximum atomic E-state index is 12.8. The van der Waals surface area contributed by atoms with E-state index in [1.165, 1.54) is 30.6 Å². The Morgan fingerprint density at radius 3 is 2.39 bits per heavy atom. The first-order valence-electron chi connectivity index (χ1n) is 11.8. The molecule has 2 aliphatic rings. The van der Waals surface area contributed by atoms with E-state index >= 15 is 0 Å². The molecule has 180 valence electrons. The van der Waals surface area contributed by atoms with E-state index in [0.29, 0.717) is 25.2 Å². The number of carbonyl (C=O) groups is 2. The number of nitrogens with one attached hydrogen (secondary N) is 1. The number of esters is 1. The SMILES string of the molecule is O=C(COC(=O)/C=C/c1ccc(S(=O)(=O)N2CCCCCC2)cc1)NCCC1=CCCCC1. The van der Waals surface area contributed by atoms with Crippen molar-refractivity contribution in [1.82, 2.24) is 9.62 Å². The predicted molar refractivity (Wildman–Crippen MR) is 128 cm³/mol. The van der Waals surface area contributed by atoms with Gasteiger partial charge in [0.1, 0.15) is 0 Å². The zero-order chi connectivity index (χ0) is 23.5. The number of amides is 1. The summed E-state index contributed by atoms with van der Waals surface area (Å²) in [4.78, 5) is 24.0. The zero-order valence-electron chi connectivity index (χ0n) is 19.1. The minimum Gasteiger partial charge on any atom is -0.452 e. The van der Waals surface area contributed by atoms with Gasteiger partial charge in [0, 0.05) is 25.7 Å². The second-order valence-corrected chi connectivity index (χ2v) is 10.5. The second kappa shape index (κ2) is 12.7. The molecule has 1 fully saturated rings. The third-order valence-electron chi connectivity index (χ3n) is 5.99. The standard InChI is InChI=1S/C25H34N2O5S/c28-24(26-17-16-21-8-4-3-5-9-21)20-32-25(29)15-12-22-10-13-23(14-11-22)33(30,31)27-18-6-1-2-7-19-27/h8,10-15H,1-7,9,16-20H2,(H,26,28)/b15-12+. The molecule has 0 unspecified atom stereocenters. The molecular weight excluding hydrogens is 440 g/mol. The molecule has 7 nitrogen and oxygen atoms in total. The summed E-state index contributed by atoms with van der Waals surface area (Å²) in [5, 5.41) is 2.77. The third kappa shape index (κ3) is 8.12. The van der Waals surface area contributed by atoms with E-state index in [1.807, 2.05) is 0 Å². The van der Waals surface area contributed by atoms with Gasteiger partial charge in [0.05, 0.1) is 4.90 Å². The molecule has 0 aromatic heterocycles. The van der Waals surface area contributed by atoms with Crippen molar-refractivity contribution in [2.75, 3.05) is 26.2 Å². The van der Waals surface area contributed by atoms with Crippen LogP contribution < -0.4 is 5.32 Å². The summed E-state index contributed by atoms with van der Waals surface area (Å²) in [5.74, 6) is -0.947. The zero-order valence-corrected chi connectivity index (χ0v) is 19.9. The van der Waals surface area contributed by atoms with Gasteiger partial charge in [-0.15, -0.1) is 0 Å². The highest BCUT2D eigenvalue weighted by Gasteiger charge is 2.24. The summed E-state index contributed by atoms with van der Waals surface area (Å²) in [6.45, 7) is 1.34. The summed E-state index contributed by atoms with van der Waals surface area (Å²) < 4.78 is 32.2. The molecule has 1 aromatic carbocycles. The van der Waals surface area contributed by atoms with E-state index in [-0.39, 0.29) is 17.4 Å². The lowest BCUT2D eigenvalue weighted by Crippen LogP contribution is -2.31. The van der Waals surface area contributed by atoms with Crippen molar-refractivity contribution in [2.24, 2.45) is 0 Å². The van der Waals surface area contributed by atoms with Gasteiger partial charge in [-0.05, 0) is 68.7 Å². The van der Waals surface area contributed by atoms with Crippen LogP contribution in [0.15, 0.2) is 46.9 Å². The average Bonchev–Trinajstić information content (AvgIpc) is 3.13. The number of carbonyl (C=O) groups excluding carboxylic acids is 2. The largest absolute Gasteiger partial charge is 0.452 e. The molecule has 0 bridgehead atoms. The Morgan fingerprint density at radius 2 is 1.73 bits per heavy atom. The van der Waals surface area contributed by atoms with Crippen LogP contribution in [0.25, 0.3) is 6.08 Å². The first kappa shape index (κ1) is 25.2. The van der Waals surface area contributed by atoms with Crippen LogP contribution in [0.4, 0.5) is 0 Å². The van der Waals surface area contributed by atoms with E-state index in [2.05, 4.69) is 11.4 Å². The number of hydrogen-bond donors (Lipinski definition) is 1. The lowest BCUT2D eigenvalue weighted by atomic mass is 9.97. The number of rotatable bonds is 9. The molecule has 1 heterocycles. The maximum Gasteiger partial charge on any atom is 0.331 e. The number of allylic oxidation sites excluding steroid dienone is 1. The van der Waals surface area contributed by atoms with Crippen molar-refractivity contribution < 1.29 is 22.7 Å². The van der Waals surface area contributed by atoms with Crippen LogP contribution in [0, 0.1) is 0 Å². The lowest BCUT2D eigenvalue weighted by Gasteiger charge is -2.19. The topological polar surface area (TPSA) is 92.8 Å². The Labute approximate surface area is 196 Å². The fourth-order valence-corrected chi connectivity index (χ4v) is 5.59. The first-order chi connectivity index (χ1) is 15.9. The molecule has 1 aliphatic carbocycles. The predicted octanol–water partition coefficient (Wildman–Crippen LogP) is 3.81. The Kier molecular flexibility index (Phi) is 9.69. The Bertz CT molecular complexity index is 959. The van der Waals surface area contributed by atoms with Crippen molar-refractivity contribution >= 4 is 28.0 Å². The summed E-state index contributed by atoms with van der Waals surface area (Å²) >= 11 is 0. The fraction of sp³-hybridized carbons (Fsp3) is 0.520. The van der Waals surface area contributed by atoms with Crippen molar-refractivity contribution in [3.05, 3.63) is 47.6 Å². The van der Waals surface area contributed by atoms with Crippen LogP contribution in [0.3, 0.4) is 0 Å². The van der Waals surface area contributed by atoms with E-state index in [0.717, 1.165) is 44.9 Å². The molecule has 1 amide bonds. The van der Waals surface area contributed by atoms with E-state index < -0.39 is 16.0 Å². The summed E-state index contributed by atoms with van der Waals surface area (Å²) in [6, 6.07) is 6.42. The molecule has 1 saturated heterocycles. The van der Waals surface area contributed by atoms with Crippen molar-refractivity contribution in [1.29, 1.82) is 0 Å². The molecule has 0 radical (unpaired) electrons. The molecule has 1 aromatic rings. The van der Waals surface area contributed by atoms with Crippen LogP contribution >= 0.6 is 0 Å². The quantitative estimate of drug-likeness (QED) is 0.334. The molecule has 0 saturated carbocycles. The first-order valence-corrected chi connectivity index (χ1v) is 13.3. The minimum absolute atomic E-state index is 0.254. The second-order valence-electron chi connectivity index (χ2n) is 8.54. The van der Waals surface area contributed by atoms with Crippen LogP contribution in [0.1, 0.15) is 63.4 Å². The highest BCUT2D eigenvalue weighted by Crippen LogP contribution is 2.21. The monoisotopic (exact) mass is 474 g/mol. The van der Waals surface area contributed by atoms with E-state index in [4.69, 9.17) is 4.74 Å². The molecule has 1 aliphatic heterocycles. The van der Waals surface area contributed by atoms with Crippen LogP contribution in [-0.4, -0.2) is 50.8 Å². The van der Waals surface area contributed by atoms with E-state index in [9.17, 15) is 18.0 Å². The van der Waals surface area contributed by atoms with Gasteiger partial charge >= 0.3 is 5.97 Å². The third-order valence-corrected chi connectivity index (χ3v) is 7.91. The fourth-order valence-electron chi connectivity index (χ4n) is 4.08. The van der Waals surface area contributed by atoms with Crippen molar-refractivity contribution in [3.63, 3.8) is 0 Å². The number of benzene rings is 1. The highest BCUT2D eigenvalue weighted by molar-refractivity contribution is 7.89. The van der Waals surface area contributed by atoms with Gasteiger partial charge in [-0.25, -0.2) is 13.2 Å². The van der Waals surface area contributed by atoms with Gasteiger partial charge in [0.25, 0.3) is 5.91 Å². The average molecular weight is 475 g/mol. The van der Waals surface area contributed by atoms with Crippen molar-refractivity contribution in [3.8, 4) is 0 Å². The molecule has 33 heavy (non-hydrogen) atoms. The number of ether oxygens (including phenoxy) is 1. The summed E-state index contributed by atoms with van der Waals surface area (Å²) in [7, 11) is -3.50. The smallest absolute Gasteiger partial charge is 0.331 e.